The van der Waals surface area contributed by atoms with Crippen LogP contribution in [0.2, 0.25) is 0 Å². The monoisotopic (exact) mass is 295 g/mol. The van der Waals surface area contributed by atoms with Crippen LogP contribution in [0.25, 0.3) is 0 Å². The molecule has 0 bridgehead atoms. The lowest BCUT2D eigenvalue weighted by Gasteiger charge is -2.19. The standard InChI is InChI=1S/C12H27N2O2PS/c1-5-7-8-9-11-18-17(13-12-15,14(3)4)16-10-6-2/h12H,5-11H2,1-4H3/p+1. The van der Waals surface area contributed by atoms with Gasteiger partial charge in [-0.1, -0.05) is 33.1 Å². The normalized spacial score (nSPS) is 14.0. The van der Waals surface area contributed by atoms with E-state index in [-0.39, 0.29) is 0 Å². The van der Waals surface area contributed by atoms with Gasteiger partial charge in [-0.2, -0.15) is 0 Å². The van der Waals surface area contributed by atoms with Crippen LogP contribution >= 0.6 is 18.0 Å². The number of hydrogen-bond donors (Lipinski definition) is 1. The number of hydrogen-bond acceptors (Lipinski definition) is 3. The molecule has 1 atom stereocenters. The molecule has 108 valence electrons. The minimum absolute atomic E-state index is 0.689. The van der Waals surface area contributed by atoms with Crippen LogP contribution in [0.3, 0.4) is 0 Å². The minimum Gasteiger partial charge on any atom is -0.288 e. The molecule has 0 spiro atoms. The van der Waals surface area contributed by atoms with E-state index < -0.39 is 6.63 Å². The third-order valence-corrected chi connectivity index (χ3v) is 8.53. The zero-order chi connectivity index (χ0) is 13.9. The van der Waals surface area contributed by atoms with Crippen LogP contribution in [0.4, 0.5) is 0 Å². The van der Waals surface area contributed by atoms with Gasteiger partial charge in [-0.15, -0.1) is 0 Å². The van der Waals surface area contributed by atoms with Crippen molar-refractivity contribution in [2.45, 2.75) is 46.0 Å². The van der Waals surface area contributed by atoms with Crippen LogP contribution in [0.15, 0.2) is 0 Å². The molecular weight excluding hydrogens is 267 g/mol. The summed E-state index contributed by atoms with van der Waals surface area (Å²) in [5, 5.41) is 2.92. The zero-order valence-corrected chi connectivity index (χ0v) is 13.9. The van der Waals surface area contributed by atoms with Gasteiger partial charge in [0.15, 0.2) is 0 Å². The van der Waals surface area contributed by atoms with Crippen molar-refractivity contribution in [2.75, 3.05) is 26.5 Å². The lowest BCUT2D eigenvalue weighted by Crippen LogP contribution is -2.16. The van der Waals surface area contributed by atoms with Gasteiger partial charge in [-0.05, 0) is 24.2 Å². The van der Waals surface area contributed by atoms with Crippen LogP contribution in [0.5, 0.6) is 0 Å². The first-order valence-corrected chi connectivity index (χ1v) is 9.95. The van der Waals surface area contributed by atoms with Crippen LogP contribution in [0.1, 0.15) is 46.0 Å². The first-order chi connectivity index (χ1) is 8.63. The van der Waals surface area contributed by atoms with Crippen molar-refractivity contribution >= 4 is 24.4 Å². The average Bonchev–Trinajstić information content (AvgIpc) is 2.35. The molecule has 6 heteroatoms. The summed E-state index contributed by atoms with van der Waals surface area (Å²) in [7, 11) is 3.94. The Morgan fingerprint density at radius 2 is 1.94 bits per heavy atom. The highest BCUT2D eigenvalue weighted by atomic mass is 32.7. The van der Waals surface area contributed by atoms with E-state index in [0.29, 0.717) is 6.61 Å². The topological polar surface area (TPSA) is 41.3 Å². The fraction of sp³-hybridized carbons (Fsp3) is 0.917. The number of amides is 1. The molecule has 0 aliphatic carbocycles. The number of nitrogens with one attached hydrogen (secondary N) is 1. The molecule has 0 fully saturated rings. The summed E-state index contributed by atoms with van der Waals surface area (Å²) < 4.78 is 7.97. The molecule has 1 N–H and O–H groups in total. The zero-order valence-electron chi connectivity index (χ0n) is 12.1. The second-order valence-corrected chi connectivity index (χ2v) is 9.62. The summed E-state index contributed by atoms with van der Waals surface area (Å²) in [6.45, 7) is 2.98. The average molecular weight is 295 g/mol. The molecule has 0 heterocycles. The van der Waals surface area contributed by atoms with E-state index >= 15 is 0 Å². The lowest BCUT2D eigenvalue weighted by molar-refractivity contribution is -0.448. The van der Waals surface area contributed by atoms with Gasteiger partial charge in [0.2, 0.25) is 6.41 Å². The maximum atomic E-state index is 10.8. The summed E-state index contributed by atoms with van der Waals surface area (Å²) in [5.74, 6) is 1.04. The number of carbonyl (C=O) groups is 1. The summed E-state index contributed by atoms with van der Waals surface area (Å²) >= 11 is 1.76. The minimum atomic E-state index is -2.00. The van der Waals surface area contributed by atoms with Crippen molar-refractivity contribution in [3.63, 3.8) is 0 Å². The molecule has 0 radical (unpaired) electrons. The summed E-state index contributed by atoms with van der Waals surface area (Å²) in [6.07, 6.45) is 6.70. The Morgan fingerprint density at radius 1 is 1.22 bits per heavy atom. The molecule has 0 saturated heterocycles. The molecular formula is C12H28N2O2PS+. The Balaban J connectivity index is 4.45. The first-order valence-electron chi connectivity index (χ1n) is 6.70. The number of unbranched alkanes of at least 4 members (excludes halogenated alkanes) is 3. The summed E-state index contributed by atoms with van der Waals surface area (Å²) in [5.41, 5.74) is 0. The SMILES string of the molecule is CCCCCCSP(NC=O)(OCCC)=[N+](C)C. The highest BCUT2D eigenvalue weighted by Crippen LogP contribution is 2.57. The van der Waals surface area contributed by atoms with Gasteiger partial charge in [0.25, 0.3) is 0 Å². The molecule has 18 heavy (non-hydrogen) atoms. The third-order valence-electron chi connectivity index (χ3n) is 2.48. The highest BCUT2D eigenvalue weighted by Gasteiger charge is 2.29. The fourth-order valence-corrected chi connectivity index (χ4v) is 6.14. The van der Waals surface area contributed by atoms with Gasteiger partial charge in [0.1, 0.15) is 14.1 Å². The van der Waals surface area contributed by atoms with E-state index in [1.54, 1.807) is 11.4 Å². The van der Waals surface area contributed by atoms with E-state index in [0.717, 1.165) is 18.6 Å². The van der Waals surface area contributed by atoms with Crippen LogP contribution in [0, 0.1) is 0 Å². The van der Waals surface area contributed by atoms with E-state index in [9.17, 15) is 4.79 Å². The fourth-order valence-electron chi connectivity index (χ4n) is 1.46. The van der Waals surface area contributed by atoms with Gasteiger partial charge >= 0.3 is 6.63 Å². The molecule has 1 unspecified atom stereocenters. The number of carbonyl (C=O) groups excluding carboxylic acids is 1. The van der Waals surface area contributed by atoms with E-state index in [1.807, 2.05) is 18.4 Å². The third kappa shape index (κ3) is 6.81. The Kier molecular flexibility index (Phi) is 10.9. The summed E-state index contributed by atoms with van der Waals surface area (Å²) in [6, 6.07) is 0. The molecule has 0 aromatic heterocycles. The van der Waals surface area contributed by atoms with Crippen LogP contribution in [-0.2, 0) is 9.32 Å². The molecule has 0 saturated carbocycles. The van der Waals surface area contributed by atoms with Crippen molar-refractivity contribution in [3.8, 4) is 0 Å². The first kappa shape index (κ1) is 18.0. The van der Waals surface area contributed by atoms with Crippen molar-refractivity contribution < 1.29 is 13.6 Å². The van der Waals surface area contributed by atoms with Crippen molar-refractivity contribution in [1.82, 2.24) is 5.09 Å². The predicted molar refractivity (Wildman–Crippen MR) is 81.1 cm³/mol. The molecule has 0 aliphatic heterocycles. The van der Waals surface area contributed by atoms with Crippen molar-refractivity contribution in [2.24, 2.45) is 0 Å². The highest BCUT2D eigenvalue weighted by molar-refractivity contribution is 8.56. The maximum Gasteiger partial charge on any atom is 0.380 e. The summed E-state index contributed by atoms with van der Waals surface area (Å²) in [4.78, 5) is 10.8. The largest absolute Gasteiger partial charge is 0.380 e. The molecule has 0 aliphatic rings. The Bertz CT molecular complexity index is 281. The van der Waals surface area contributed by atoms with Gasteiger partial charge in [-0.3, -0.25) is 14.4 Å². The van der Waals surface area contributed by atoms with Crippen molar-refractivity contribution in [3.05, 3.63) is 0 Å². The van der Waals surface area contributed by atoms with E-state index in [4.69, 9.17) is 4.52 Å². The molecule has 0 rings (SSSR count). The molecule has 0 aromatic rings. The molecule has 1 amide bonds. The van der Waals surface area contributed by atoms with Crippen LogP contribution in [-0.4, -0.2) is 37.2 Å². The van der Waals surface area contributed by atoms with Gasteiger partial charge in [-0.25, -0.2) is 4.33 Å². The lowest BCUT2D eigenvalue weighted by atomic mass is 10.2. The molecule has 4 nitrogen and oxygen atoms in total. The van der Waals surface area contributed by atoms with Gasteiger partial charge in [0.05, 0.1) is 6.61 Å². The van der Waals surface area contributed by atoms with Gasteiger partial charge < -0.3 is 0 Å². The Labute approximate surface area is 116 Å². The Hall–Kier alpha value is 0.0100. The van der Waals surface area contributed by atoms with E-state index in [2.05, 4.69) is 18.9 Å². The van der Waals surface area contributed by atoms with Crippen molar-refractivity contribution in [1.29, 1.82) is 0 Å². The van der Waals surface area contributed by atoms with Crippen LogP contribution < -0.4 is 5.09 Å². The quantitative estimate of drug-likeness (QED) is 0.359. The second kappa shape index (κ2) is 10.9. The number of rotatable bonds is 11. The Morgan fingerprint density at radius 3 is 2.44 bits per heavy atom. The van der Waals surface area contributed by atoms with Gasteiger partial charge in [0, 0.05) is 5.75 Å². The second-order valence-electron chi connectivity index (χ2n) is 4.34. The predicted octanol–water partition coefficient (Wildman–Crippen LogP) is 3.69. The number of nitrogens with zero attached hydrogens (tertiary/aromatic N) is 1. The molecule has 0 aromatic carbocycles. The van der Waals surface area contributed by atoms with E-state index in [1.165, 1.54) is 25.7 Å². The smallest absolute Gasteiger partial charge is 0.288 e. The maximum absolute atomic E-state index is 10.8.